The van der Waals surface area contributed by atoms with E-state index in [4.69, 9.17) is 9.05 Å². The van der Waals surface area contributed by atoms with Crippen LogP contribution in [-0.4, -0.2) is 35.8 Å². The van der Waals surface area contributed by atoms with E-state index >= 15 is 0 Å². The molecular weight excluding hydrogens is 369 g/mol. The van der Waals surface area contributed by atoms with E-state index in [1.165, 1.54) is 0 Å². The predicted molar refractivity (Wildman–Crippen MR) is 106 cm³/mol. The second-order valence-electron chi connectivity index (χ2n) is 7.40. The van der Waals surface area contributed by atoms with Gasteiger partial charge >= 0.3 is 7.82 Å². The fourth-order valence-electron chi connectivity index (χ4n) is 2.42. The molecule has 0 aliphatic rings. The van der Waals surface area contributed by atoms with Crippen molar-refractivity contribution in [2.24, 2.45) is 5.92 Å². The Balaban J connectivity index is 3.45. The molecule has 2 N–H and O–H groups in total. The van der Waals surface area contributed by atoms with Crippen molar-refractivity contribution in [3.8, 4) is 0 Å². The smallest absolute Gasteiger partial charge is 0.356 e. The van der Waals surface area contributed by atoms with Crippen molar-refractivity contribution in [2.75, 3.05) is 13.2 Å². The van der Waals surface area contributed by atoms with E-state index in [1.807, 2.05) is 13.8 Å². The zero-order valence-electron chi connectivity index (χ0n) is 17.4. The van der Waals surface area contributed by atoms with Crippen molar-refractivity contribution >= 4 is 19.5 Å². The summed E-state index contributed by atoms with van der Waals surface area (Å²) in [6, 6.07) is 0. The topological polar surface area (TPSA) is 102 Å². The van der Waals surface area contributed by atoms with Crippen LogP contribution in [0.1, 0.15) is 85.5 Å². The SMILES string of the molecule is CC(C)OP(=O)(O)OCCCCCCCNC(=O)CCCCC(=O)C(C)C. The first-order valence-electron chi connectivity index (χ1n) is 10.1. The van der Waals surface area contributed by atoms with Gasteiger partial charge in [0.15, 0.2) is 0 Å². The molecule has 0 saturated heterocycles. The number of phosphoric ester groups is 1. The van der Waals surface area contributed by atoms with Gasteiger partial charge in [-0.15, -0.1) is 0 Å². The van der Waals surface area contributed by atoms with Crippen molar-refractivity contribution < 1.29 is 28.1 Å². The van der Waals surface area contributed by atoms with Gasteiger partial charge in [-0.1, -0.05) is 33.1 Å². The van der Waals surface area contributed by atoms with Gasteiger partial charge < -0.3 is 10.2 Å². The van der Waals surface area contributed by atoms with Gasteiger partial charge in [0, 0.05) is 25.3 Å². The molecule has 0 spiro atoms. The lowest BCUT2D eigenvalue weighted by molar-refractivity contribution is -0.123. The van der Waals surface area contributed by atoms with E-state index in [0.29, 0.717) is 25.8 Å². The summed E-state index contributed by atoms with van der Waals surface area (Å²) in [5.74, 6) is 0.381. The van der Waals surface area contributed by atoms with E-state index in [0.717, 1.165) is 38.5 Å². The summed E-state index contributed by atoms with van der Waals surface area (Å²) < 4.78 is 21.2. The summed E-state index contributed by atoms with van der Waals surface area (Å²) in [7, 11) is -3.91. The molecule has 1 unspecified atom stereocenters. The maximum atomic E-state index is 11.7. The number of phosphoric acid groups is 1. The number of rotatable bonds is 17. The van der Waals surface area contributed by atoms with Crippen LogP contribution in [0.15, 0.2) is 0 Å². The van der Waals surface area contributed by atoms with Crippen molar-refractivity contribution in [3.63, 3.8) is 0 Å². The lowest BCUT2D eigenvalue weighted by Crippen LogP contribution is -2.24. The molecule has 8 heteroatoms. The van der Waals surface area contributed by atoms with Gasteiger partial charge in [-0.3, -0.25) is 18.6 Å². The number of ketones is 1. The number of carbonyl (C=O) groups is 2. The number of carbonyl (C=O) groups excluding carboxylic acids is 2. The summed E-state index contributed by atoms with van der Waals surface area (Å²) in [4.78, 5) is 32.6. The average molecular weight is 407 g/mol. The van der Waals surface area contributed by atoms with Gasteiger partial charge in [0.25, 0.3) is 0 Å². The Hall–Kier alpha value is -0.750. The van der Waals surface area contributed by atoms with Crippen LogP contribution in [0.2, 0.25) is 0 Å². The fourth-order valence-corrected chi connectivity index (χ4v) is 3.38. The summed E-state index contributed by atoms with van der Waals surface area (Å²) in [5.41, 5.74) is 0. The van der Waals surface area contributed by atoms with E-state index < -0.39 is 7.82 Å². The Morgan fingerprint density at radius 3 is 2.15 bits per heavy atom. The summed E-state index contributed by atoms with van der Waals surface area (Å²) in [6.07, 6.45) is 6.69. The molecular formula is C19H38NO6P. The van der Waals surface area contributed by atoms with Crippen molar-refractivity contribution in [2.45, 2.75) is 91.6 Å². The molecule has 0 aromatic rings. The van der Waals surface area contributed by atoms with Crippen LogP contribution in [0, 0.1) is 5.92 Å². The summed E-state index contributed by atoms with van der Waals surface area (Å²) in [6.45, 7) is 8.02. The van der Waals surface area contributed by atoms with Gasteiger partial charge in [-0.05, 0) is 39.5 Å². The van der Waals surface area contributed by atoms with Crippen LogP contribution in [0.3, 0.4) is 0 Å². The number of amides is 1. The Bertz CT molecular complexity index is 467. The highest BCUT2D eigenvalue weighted by molar-refractivity contribution is 7.47. The van der Waals surface area contributed by atoms with Gasteiger partial charge in [-0.25, -0.2) is 4.57 Å². The first-order valence-corrected chi connectivity index (χ1v) is 11.6. The molecule has 160 valence electrons. The fraction of sp³-hybridized carbons (Fsp3) is 0.895. The molecule has 0 radical (unpaired) electrons. The van der Waals surface area contributed by atoms with Crippen LogP contribution in [0.4, 0.5) is 0 Å². The van der Waals surface area contributed by atoms with Crippen LogP contribution < -0.4 is 5.32 Å². The van der Waals surface area contributed by atoms with E-state index in [-0.39, 0.29) is 30.3 Å². The monoisotopic (exact) mass is 407 g/mol. The molecule has 1 atom stereocenters. The molecule has 0 bridgehead atoms. The molecule has 0 aliphatic carbocycles. The molecule has 0 rings (SSSR count). The maximum Gasteiger partial charge on any atom is 0.472 e. The predicted octanol–water partition coefficient (Wildman–Crippen LogP) is 4.38. The highest BCUT2D eigenvalue weighted by Crippen LogP contribution is 2.44. The lowest BCUT2D eigenvalue weighted by atomic mass is 10.0. The van der Waals surface area contributed by atoms with Crippen LogP contribution >= 0.6 is 7.82 Å². The summed E-state index contributed by atoms with van der Waals surface area (Å²) in [5, 5.41) is 2.90. The van der Waals surface area contributed by atoms with E-state index in [9.17, 15) is 19.0 Å². The highest BCUT2D eigenvalue weighted by atomic mass is 31.2. The van der Waals surface area contributed by atoms with Gasteiger partial charge in [0.2, 0.25) is 5.91 Å². The van der Waals surface area contributed by atoms with Crippen LogP contribution in [-0.2, 0) is 23.2 Å². The standard InChI is InChI=1S/C19H38NO6P/c1-16(2)18(21)12-8-9-13-19(22)20-14-10-6-5-7-11-15-25-27(23,24)26-17(3)4/h16-17H,5-15H2,1-4H3,(H,20,22)(H,23,24). The molecule has 27 heavy (non-hydrogen) atoms. The van der Waals surface area contributed by atoms with E-state index in [1.54, 1.807) is 13.8 Å². The Morgan fingerprint density at radius 1 is 0.926 bits per heavy atom. The van der Waals surface area contributed by atoms with Gasteiger partial charge in [0.05, 0.1) is 12.7 Å². The third kappa shape index (κ3) is 17.1. The first-order chi connectivity index (χ1) is 12.6. The van der Waals surface area contributed by atoms with Crippen molar-refractivity contribution in [1.82, 2.24) is 5.32 Å². The third-order valence-corrected chi connectivity index (χ3v) is 5.16. The third-order valence-electron chi connectivity index (χ3n) is 3.96. The molecule has 0 fully saturated rings. The quantitative estimate of drug-likeness (QED) is 0.274. The zero-order valence-corrected chi connectivity index (χ0v) is 18.3. The number of Topliss-reactive ketones (excluding diaryl/α,β-unsaturated/α-hetero) is 1. The second kappa shape index (κ2) is 15.2. The Morgan fingerprint density at radius 2 is 1.52 bits per heavy atom. The Kier molecular flexibility index (Phi) is 14.8. The summed E-state index contributed by atoms with van der Waals surface area (Å²) >= 11 is 0. The molecule has 0 aliphatic heterocycles. The highest BCUT2D eigenvalue weighted by Gasteiger charge is 2.21. The molecule has 0 heterocycles. The largest absolute Gasteiger partial charge is 0.472 e. The van der Waals surface area contributed by atoms with Crippen molar-refractivity contribution in [3.05, 3.63) is 0 Å². The molecule has 0 aromatic heterocycles. The van der Waals surface area contributed by atoms with Gasteiger partial charge in [0.1, 0.15) is 5.78 Å². The zero-order chi connectivity index (χ0) is 20.7. The first kappa shape index (κ1) is 26.2. The second-order valence-corrected chi connectivity index (χ2v) is 8.81. The lowest BCUT2D eigenvalue weighted by Gasteiger charge is -2.14. The minimum atomic E-state index is -3.91. The number of hydrogen-bond acceptors (Lipinski definition) is 5. The molecule has 0 aromatic carbocycles. The molecule has 0 saturated carbocycles. The molecule has 7 nitrogen and oxygen atoms in total. The maximum absolute atomic E-state index is 11.7. The Labute approximate surface area is 164 Å². The van der Waals surface area contributed by atoms with E-state index in [2.05, 4.69) is 5.32 Å². The average Bonchev–Trinajstić information content (AvgIpc) is 2.55. The molecule has 1 amide bonds. The number of hydrogen-bond donors (Lipinski definition) is 2. The number of unbranched alkanes of at least 4 members (excludes halogenated alkanes) is 5. The normalized spacial score (nSPS) is 13.7. The van der Waals surface area contributed by atoms with Crippen molar-refractivity contribution in [1.29, 1.82) is 0 Å². The minimum absolute atomic E-state index is 0.0456. The van der Waals surface area contributed by atoms with Gasteiger partial charge in [-0.2, -0.15) is 0 Å². The van der Waals surface area contributed by atoms with Crippen LogP contribution in [0.5, 0.6) is 0 Å². The van der Waals surface area contributed by atoms with Crippen LogP contribution in [0.25, 0.3) is 0 Å². The number of nitrogens with one attached hydrogen (secondary N) is 1. The minimum Gasteiger partial charge on any atom is -0.356 e.